The molecule has 0 fully saturated rings. The van der Waals surface area contributed by atoms with Crippen molar-refractivity contribution in [2.45, 2.75) is 17.6 Å². The SMILES string of the molecule is CN(Cc1ccc(S(C)=O)cc1)c1ncccc1C(F)(F)F. The fourth-order valence-corrected chi connectivity index (χ4v) is 2.58. The number of aromatic nitrogens is 1. The minimum absolute atomic E-state index is 0.113. The van der Waals surface area contributed by atoms with Gasteiger partial charge in [0.05, 0.1) is 5.56 Å². The molecule has 0 aliphatic heterocycles. The summed E-state index contributed by atoms with van der Waals surface area (Å²) in [5, 5.41) is 0. The van der Waals surface area contributed by atoms with Gasteiger partial charge in [0, 0.05) is 41.7 Å². The molecule has 2 rings (SSSR count). The number of hydrogen-bond acceptors (Lipinski definition) is 3. The Hall–Kier alpha value is -1.89. The van der Waals surface area contributed by atoms with Gasteiger partial charge in [-0.05, 0) is 29.8 Å². The monoisotopic (exact) mass is 328 g/mol. The number of pyridine rings is 1. The lowest BCUT2D eigenvalue weighted by Gasteiger charge is -2.22. The van der Waals surface area contributed by atoms with E-state index < -0.39 is 22.5 Å². The zero-order valence-corrected chi connectivity index (χ0v) is 12.9. The van der Waals surface area contributed by atoms with E-state index in [1.807, 2.05) is 0 Å². The smallest absolute Gasteiger partial charge is 0.355 e. The van der Waals surface area contributed by atoms with E-state index in [-0.39, 0.29) is 12.4 Å². The number of rotatable bonds is 4. The van der Waals surface area contributed by atoms with E-state index in [1.54, 1.807) is 37.6 Å². The first-order chi connectivity index (χ1) is 10.3. The Morgan fingerprint density at radius 2 is 1.82 bits per heavy atom. The number of halogens is 3. The molecule has 0 saturated heterocycles. The van der Waals surface area contributed by atoms with E-state index >= 15 is 0 Å². The van der Waals surface area contributed by atoms with Gasteiger partial charge < -0.3 is 4.90 Å². The molecule has 0 radical (unpaired) electrons. The van der Waals surface area contributed by atoms with Crippen LogP contribution in [0, 0.1) is 0 Å². The van der Waals surface area contributed by atoms with E-state index in [9.17, 15) is 17.4 Å². The first kappa shape index (κ1) is 16.5. The quantitative estimate of drug-likeness (QED) is 0.861. The topological polar surface area (TPSA) is 33.2 Å². The molecule has 0 N–H and O–H groups in total. The molecule has 0 spiro atoms. The van der Waals surface area contributed by atoms with Crippen molar-refractivity contribution in [2.24, 2.45) is 0 Å². The highest BCUT2D eigenvalue weighted by Gasteiger charge is 2.35. The molecular weight excluding hydrogens is 313 g/mol. The molecule has 1 aromatic heterocycles. The van der Waals surface area contributed by atoms with E-state index in [0.717, 1.165) is 11.6 Å². The van der Waals surface area contributed by atoms with Crippen LogP contribution in [0.3, 0.4) is 0 Å². The minimum Gasteiger partial charge on any atom is -0.355 e. The molecule has 1 heterocycles. The van der Waals surface area contributed by atoms with Gasteiger partial charge in [-0.2, -0.15) is 13.2 Å². The second kappa shape index (κ2) is 6.48. The van der Waals surface area contributed by atoms with Gasteiger partial charge in [0.1, 0.15) is 5.82 Å². The van der Waals surface area contributed by atoms with Crippen molar-refractivity contribution in [1.82, 2.24) is 4.98 Å². The van der Waals surface area contributed by atoms with Crippen molar-refractivity contribution >= 4 is 16.6 Å². The highest BCUT2D eigenvalue weighted by molar-refractivity contribution is 7.84. The summed E-state index contributed by atoms with van der Waals surface area (Å²) in [4.78, 5) is 5.97. The van der Waals surface area contributed by atoms with Crippen molar-refractivity contribution in [1.29, 1.82) is 0 Å². The molecule has 2 aromatic rings. The number of hydrogen-bond donors (Lipinski definition) is 0. The molecule has 1 atom stereocenters. The Labute approximate surface area is 129 Å². The van der Waals surface area contributed by atoms with Crippen molar-refractivity contribution in [2.75, 3.05) is 18.2 Å². The van der Waals surface area contributed by atoms with Crippen LogP contribution in [0.5, 0.6) is 0 Å². The normalized spacial score (nSPS) is 13.0. The van der Waals surface area contributed by atoms with E-state index in [2.05, 4.69) is 4.98 Å². The Morgan fingerprint density at radius 1 is 1.18 bits per heavy atom. The van der Waals surface area contributed by atoms with Gasteiger partial charge in [-0.25, -0.2) is 4.98 Å². The fourth-order valence-electron chi connectivity index (χ4n) is 2.06. The average Bonchev–Trinajstić information content (AvgIpc) is 2.47. The average molecular weight is 328 g/mol. The van der Waals surface area contributed by atoms with Gasteiger partial charge in [0.2, 0.25) is 0 Å². The van der Waals surface area contributed by atoms with Crippen LogP contribution < -0.4 is 4.90 Å². The van der Waals surface area contributed by atoms with Gasteiger partial charge in [0.15, 0.2) is 0 Å². The van der Waals surface area contributed by atoms with Crippen LogP contribution in [0.25, 0.3) is 0 Å². The third kappa shape index (κ3) is 3.85. The molecule has 118 valence electrons. The van der Waals surface area contributed by atoms with E-state index in [1.165, 1.54) is 17.2 Å². The minimum atomic E-state index is -4.44. The van der Waals surface area contributed by atoms with Crippen molar-refractivity contribution in [3.05, 3.63) is 53.7 Å². The predicted molar refractivity (Wildman–Crippen MR) is 80.1 cm³/mol. The molecule has 1 unspecified atom stereocenters. The Balaban J connectivity index is 2.22. The summed E-state index contributed by atoms with van der Waals surface area (Å²) in [6.07, 6.45) is -1.53. The van der Waals surface area contributed by atoms with Crippen molar-refractivity contribution in [3.63, 3.8) is 0 Å². The van der Waals surface area contributed by atoms with Crippen LogP contribution in [0.15, 0.2) is 47.5 Å². The maximum atomic E-state index is 13.0. The Morgan fingerprint density at radius 3 is 2.36 bits per heavy atom. The number of benzene rings is 1. The molecule has 1 aromatic carbocycles. The van der Waals surface area contributed by atoms with E-state index in [0.29, 0.717) is 4.90 Å². The lowest BCUT2D eigenvalue weighted by Crippen LogP contribution is -2.22. The first-order valence-electron chi connectivity index (χ1n) is 6.45. The van der Waals surface area contributed by atoms with Crippen LogP contribution in [0.4, 0.5) is 19.0 Å². The highest BCUT2D eigenvalue weighted by atomic mass is 32.2. The van der Waals surface area contributed by atoms with Gasteiger partial charge in [-0.3, -0.25) is 4.21 Å². The molecule has 0 aliphatic carbocycles. The summed E-state index contributed by atoms with van der Waals surface area (Å²) in [5.41, 5.74) is 0.0549. The van der Waals surface area contributed by atoms with Gasteiger partial charge in [-0.1, -0.05) is 12.1 Å². The fraction of sp³-hybridized carbons (Fsp3) is 0.267. The van der Waals surface area contributed by atoms with Crippen LogP contribution in [-0.2, 0) is 23.5 Å². The lowest BCUT2D eigenvalue weighted by atomic mass is 10.2. The molecule has 0 aliphatic rings. The standard InChI is InChI=1S/C15H15F3N2OS/c1-20(10-11-5-7-12(8-6-11)22(2)21)14-13(15(16,17)18)4-3-9-19-14/h3-9H,10H2,1-2H3. The molecular formula is C15H15F3N2OS. The maximum absolute atomic E-state index is 13.0. The largest absolute Gasteiger partial charge is 0.419 e. The summed E-state index contributed by atoms with van der Waals surface area (Å²) in [6.45, 7) is 0.275. The summed E-state index contributed by atoms with van der Waals surface area (Å²) in [7, 11) is 0.483. The van der Waals surface area contributed by atoms with Crippen LogP contribution >= 0.6 is 0 Å². The molecule has 0 amide bonds. The van der Waals surface area contributed by atoms with Crippen molar-refractivity contribution < 1.29 is 17.4 Å². The number of nitrogens with zero attached hydrogens (tertiary/aromatic N) is 2. The molecule has 7 heteroatoms. The van der Waals surface area contributed by atoms with Crippen molar-refractivity contribution in [3.8, 4) is 0 Å². The first-order valence-corrected chi connectivity index (χ1v) is 8.00. The summed E-state index contributed by atoms with van der Waals surface area (Å²) >= 11 is 0. The second-order valence-electron chi connectivity index (χ2n) is 4.83. The Kier molecular flexibility index (Phi) is 4.85. The lowest BCUT2D eigenvalue weighted by molar-refractivity contribution is -0.137. The maximum Gasteiger partial charge on any atom is 0.419 e. The van der Waals surface area contributed by atoms with E-state index in [4.69, 9.17) is 0 Å². The van der Waals surface area contributed by atoms with Gasteiger partial charge in [0.25, 0.3) is 0 Å². The zero-order chi connectivity index (χ0) is 16.3. The molecule has 3 nitrogen and oxygen atoms in total. The summed E-state index contributed by atoms with van der Waals surface area (Å²) in [6, 6.07) is 9.21. The second-order valence-corrected chi connectivity index (χ2v) is 6.21. The zero-order valence-electron chi connectivity index (χ0n) is 12.1. The van der Waals surface area contributed by atoms with Crippen LogP contribution in [-0.4, -0.2) is 22.5 Å². The van der Waals surface area contributed by atoms with Crippen LogP contribution in [0.1, 0.15) is 11.1 Å². The summed E-state index contributed by atoms with van der Waals surface area (Å²) in [5.74, 6) is -0.113. The molecule has 0 saturated carbocycles. The number of alkyl halides is 3. The van der Waals surface area contributed by atoms with Crippen LogP contribution in [0.2, 0.25) is 0 Å². The highest BCUT2D eigenvalue weighted by Crippen LogP contribution is 2.35. The predicted octanol–water partition coefficient (Wildman–Crippen LogP) is 3.47. The van der Waals surface area contributed by atoms with Gasteiger partial charge >= 0.3 is 6.18 Å². The number of anilines is 1. The third-order valence-electron chi connectivity index (χ3n) is 3.13. The Bertz CT molecular complexity index is 671. The summed E-state index contributed by atoms with van der Waals surface area (Å²) < 4.78 is 50.3. The molecule has 22 heavy (non-hydrogen) atoms. The van der Waals surface area contributed by atoms with Gasteiger partial charge in [-0.15, -0.1) is 0 Å². The molecule has 0 bridgehead atoms. The third-order valence-corrected chi connectivity index (χ3v) is 4.06.